The number of nitrogens with zero attached hydrogens (tertiary/aromatic N) is 1. The average molecular weight is 196 g/mol. The summed E-state index contributed by atoms with van der Waals surface area (Å²) < 4.78 is 0. The van der Waals surface area contributed by atoms with Crippen molar-refractivity contribution in [1.82, 2.24) is 4.98 Å². The van der Waals surface area contributed by atoms with Crippen LogP contribution >= 0.6 is 0 Å². The molecule has 0 spiro atoms. The first kappa shape index (κ1) is 10.6. The predicted octanol–water partition coefficient (Wildman–Crippen LogP) is 0.162. The summed E-state index contributed by atoms with van der Waals surface area (Å²) in [5.74, 6) is -1.10. The number of hydrogen-bond acceptors (Lipinski definition) is 4. The molecule has 1 aromatic heterocycles. The molecule has 5 heteroatoms. The second-order valence-corrected chi connectivity index (χ2v) is 2.87. The summed E-state index contributed by atoms with van der Waals surface area (Å²) in [6.45, 7) is -0.0743. The lowest BCUT2D eigenvalue weighted by Gasteiger charge is -2.11. The SMILES string of the molecule is NC(CCO)c1cccnc1C(=O)O. The molecule has 1 unspecified atom stereocenters. The number of pyridine rings is 1. The van der Waals surface area contributed by atoms with E-state index in [1.807, 2.05) is 0 Å². The van der Waals surface area contributed by atoms with E-state index in [-0.39, 0.29) is 12.3 Å². The molecule has 0 bridgehead atoms. The minimum atomic E-state index is -1.10. The maximum absolute atomic E-state index is 10.7. The topological polar surface area (TPSA) is 96.4 Å². The van der Waals surface area contributed by atoms with Gasteiger partial charge < -0.3 is 15.9 Å². The van der Waals surface area contributed by atoms with Crippen LogP contribution in [0.3, 0.4) is 0 Å². The molecule has 14 heavy (non-hydrogen) atoms. The molecule has 0 aromatic carbocycles. The molecule has 1 aromatic rings. The molecule has 4 N–H and O–H groups in total. The van der Waals surface area contributed by atoms with Crippen LogP contribution in [0.4, 0.5) is 0 Å². The van der Waals surface area contributed by atoms with Crippen molar-refractivity contribution in [2.75, 3.05) is 6.61 Å². The van der Waals surface area contributed by atoms with Gasteiger partial charge in [0.2, 0.25) is 0 Å². The van der Waals surface area contributed by atoms with E-state index in [4.69, 9.17) is 15.9 Å². The van der Waals surface area contributed by atoms with E-state index in [9.17, 15) is 4.79 Å². The van der Waals surface area contributed by atoms with Gasteiger partial charge >= 0.3 is 5.97 Å². The lowest BCUT2D eigenvalue weighted by Crippen LogP contribution is -2.17. The molecule has 0 saturated carbocycles. The van der Waals surface area contributed by atoms with Crippen LogP contribution in [-0.2, 0) is 0 Å². The average Bonchev–Trinajstić information content (AvgIpc) is 2.18. The van der Waals surface area contributed by atoms with Gasteiger partial charge in [0.25, 0.3) is 0 Å². The summed E-state index contributed by atoms with van der Waals surface area (Å²) in [5.41, 5.74) is 6.09. The molecule has 0 saturated heterocycles. The normalized spacial score (nSPS) is 12.4. The van der Waals surface area contributed by atoms with Crippen molar-refractivity contribution in [2.24, 2.45) is 5.73 Å². The summed E-state index contributed by atoms with van der Waals surface area (Å²) in [5, 5.41) is 17.5. The third-order valence-corrected chi connectivity index (χ3v) is 1.88. The van der Waals surface area contributed by atoms with Crippen molar-refractivity contribution in [1.29, 1.82) is 0 Å². The Kier molecular flexibility index (Phi) is 3.55. The van der Waals surface area contributed by atoms with Crippen LogP contribution in [0.1, 0.15) is 28.5 Å². The summed E-state index contributed by atoms with van der Waals surface area (Å²) in [7, 11) is 0. The first-order valence-electron chi connectivity index (χ1n) is 4.21. The maximum atomic E-state index is 10.7. The quantitative estimate of drug-likeness (QED) is 0.637. The van der Waals surface area contributed by atoms with Gasteiger partial charge in [-0.3, -0.25) is 0 Å². The number of aromatic nitrogens is 1. The third kappa shape index (κ3) is 2.27. The predicted molar refractivity (Wildman–Crippen MR) is 49.8 cm³/mol. The fourth-order valence-corrected chi connectivity index (χ4v) is 1.19. The van der Waals surface area contributed by atoms with Gasteiger partial charge in [-0.05, 0) is 12.5 Å². The summed E-state index contributed by atoms with van der Waals surface area (Å²) in [6.07, 6.45) is 1.73. The number of hydrogen-bond donors (Lipinski definition) is 3. The Morgan fingerprint density at radius 3 is 2.93 bits per heavy atom. The standard InChI is InChI=1S/C9H12N2O3/c10-7(3-5-12)6-2-1-4-11-8(6)9(13)14/h1-2,4,7,12H,3,5,10H2,(H,13,14). The molecular weight excluding hydrogens is 184 g/mol. The van der Waals surface area contributed by atoms with E-state index in [0.29, 0.717) is 12.0 Å². The van der Waals surface area contributed by atoms with Gasteiger partial charge in [-0.25, -0.2) is 9.78 Å². The Labute approximate surface area is 81.2 Å². The van der Waals surface area contributed by atoms with Crippen molar-refractivity contribution in [3.63, 3.8) is 0 Å². The Balaban J connectivity index is 3.00. The van der Waals surface area contributed by atoms with Gasteiger partial charge in [-0.1, -0.05) is 6.07 Å². The van der Waals surface area contributed by atoms with Crippen LogP contribution in [0.2, 0.25) is 0 Å². The molecule has 76 valence electrons. The Bertz CT molecular complexity index is 328. The fraction of sp³-hybridized carbons (Fsp3) is 0.333. The van der Waals surface area contributed by atoms with Gasteiger partial charge in [0, 0.05) is 24.4 Å². The number of aliphatic hydroxyl groups is 1. The number of aliphatic hydroxyl groups excluding tert-OH is 1. The molecule has 0 amide bonds. The van der Waals surface area contributed by atoms with Gasteiger partial charge in [0.15, 0.2) is 5.69 Å². The van der Waals surface area contributed by atoms with Crippen molar-refractivity contribution >= 4 is 5.97 Å². The highest BCUT2D eigenvalue weighted by atomic mass is 16.4. The minimum Gasteiger partial charge on any atom is -0.477 e. The Hall–Kier alpha value is -1.46. The Morgan fingerprint density at radius 1 is 1.64 bits per heavy atom. The number of carboxylic acids is 1. The molecule has 1 atom stereocenters. The molecule has 0 aliphatic carbocycles. The van der Waals surface area contributed by atoms with Gasteiger partial charge in [-0.2, -0.15) is 0 Å². The zero-order chi connectivity index (χ0) is 10.6. The molecule has 0 fully saturated rings. The van der Waals surface area contributed by atoms with E-state index in [2.05, 4.69) is 4.98 Å². The van der Waals surface area contributed by atoms with E-state index in [1.165, 1.54) is 6.20 Å². The van der Waals surface area contributed by atoms with Crippen LogP contribution in [0, 0.1) is 0 Å². The van der Waals surface area contributed by atoms with Crippen LogP contribution in [-0.4, -0.2) is 27.8 Å². The molecule has 0 aliphatic rings. The van der Waals surface area contributed by atoms with E-state index < -0.39 is 12.0 Å². The smallest absolute Gasteiger partial charge is 0.354 e. The maximum Gasteiger partial charge on any atom is 0.354 e. The van der Waals surface area contributed by atoms with Crippen molar-refractivity contribution in [3.05, 3.63) is 29.6 Å². The van der Waals surface area contributed by atoms with Crippen LogP contribution in [0.25, 0.3) is 0 Å². The van der Waals surface area contributed by atoms with Gasteiger partial charge in [0.1, 0.15) is 0 Å². The molecule has 1 heterocycles. The van der Waals surface area contributed by atoms with Crippen LogP contribution in [0.15, 0.2) is 18.3 Å². The minimum absolute atomic E-state index is 0.0477. The highest BCUT2D eigenvalue weighted by Gasteiger charge is 2.15. The number of nitrogens with two attached hydrogens (primary N) is 1. The van der Waals surface area contributed by atoms with E-state index >= 15 is 0 Å². The van der Waals surface area contributed by atoms with Crippen LogP contribution in [0.5, 0.6) is 0 Å². The number of aromatic carboxylic acids is 1. The number of carbonyl (C=O) groups is 1. The molecule has 5 nitrogen and oxygen atoms in total. The molecule has 0 aliphatic heterocycles. The number of rotatable bonds is 4. The first-order chi connectivity index (χ1) is 6.66. The Morgan fingerprint density at radius 2 is 2.36 bits per heavy atom. The van der Waals surface area contributed by atoms with Gasteiger partial charge in [0.05, 0.1) is 0 Å². The summed E-state index contributed by atoms with van der Waals surface area (Å²) in [6, 6.07) is 2.75. The monoisotopic (exact) mass is 196 g/mol. The van der Waals surface area contributed by atoms with Crippen molar-refractivity contribution in [2.45, 2.75) is 12.5 Å². The lowest BCUT2D eigenvalue weighted by molar-refractivity contribution is 0.0688. The largest absolute Gasteiger partial charge is 0.477 e. The first-order valence-corrected chi connectivity index (χ1v) is 4.21. The van der Waals surface area contributed by atoms with Crippen molar-refractivity contribution < 1.29 is 15.0 Å². The molecular formula is C9H12N2O3. The highest BCUT2D eigenvalue weighted by Crippen LogP contribution is 2.16. The van der Waals surface area contributed by atoms with Crippen LogP contribution < -0.4 is 5.73 Å². The zero-order valence-electron chi connectivity index (χ0n) is 7.55. The molecule has 1 rings (SSSR count). The summed E-state index contributed by atoms with van der Waals surface area (Å²) in [4.78, 5) is 14.5. The summed E-state index contributed by atoms with van der Waals surface area (Å²) >= 11 is 0. The van der Waals surface area contributed by atoms with Gasteiger partial charge in [-0.15, -0.1) is 0 Å². The van der Waals surface area contributed by atoms with E-state index in [0.717, 1.165) is 0 Å². The second kappa shape index (κ2) is 4.69. The number of carboxylic acid groups (broad SMARTS) is 1. The molecule has 0 radical (unpaired) electrons. The fourth-order valence-electron chi connectivity index (χ4n) is 1.19. The highest BCUT2D eigenvalue weighted by molar-refractivity contribution is 5.87. The zero-order valence-corrected chi connectivity index (χ0v) is 7.55. The van der Waals surface area contributed by atoms with Crippen molar-refractivity contribution in [3.8, 4) is 0 Å². The van der Waals surface area contributed by atoms with E-state index in [1.54, 1.807) is 12.1 Å². The second-order valence-electron chi connectivity index (χ2n) is 2.87. The lowest BCUT2D eigenvalue weighted by atomic mass is 10.0. The third-order valence-electron chi connectivity index (χ3n) is 1.88.